The zero-order chi connectivity index (χ0) is 11.5. The molecule has 6 heteroatoms. The molecule has 0 aliphatic carbocycles. The Morgan fingerprint density at radius 2 is 2.20 bits per heavy atom. The second-order valence-electron chi connectivity index (χ2n) is 3.16. The topological polar surface area (TPSA) is 93.3 Å². The van der Waals surface area contributed by atoms with E-state index in [1.807, 2.05) is 0 Å². The maximum atomic E-state index is 11.4. The van der Waals surface area contributed by atoms with E-state index in [2.05, 4.69) is 4.98 Å². The third kappa shape index (κ3) is 3.26. The molecule has 0 aliphatic heterocycles. The van der Waals surface area contributed by atoms with E-state index in [9.17, 15) is 8.42 Å². The Bertz CT molecular complexity index is 411. The van der Waals surface area contributed by atoms with Gasteiger partial charge < -0.3 is 10.8 Å². The van der Waals surface area contributed by atoms with E-state index in [0.717, 1.165) is 0 Å². The number of nitrogens with two attached hydrogens (primary N) is 1. The highest BCUT2D eigenvalue weighted by Gasteiger charge is 2.11. The molecular weight excluding hydrogens is 216 g/mol. The predicted octanol–water partition coefficient (Wildman–Crippen LogP) is -0.305. The third-order valence-electron chi connectivity index (χ3n) is 1.96. The molecule has 1 heterocycles. The first-order valence-corrected chi connectivity index (χ1v) is 6.22. The van der Waals surface area contributed by atoms with E-state index in [1.165, 1.54) is 12.3 Å². The maximum absolute atomic E-state index is 11.4. The van der Waals surface area contributed by atoms with Crippen molar-refractivity contribution in [2.75, 3.05) is 5.75 Å². The lowest BCUT2D eigenvalue weighted by atomic mass is 10.2. The van der Waals surface area contributed by atoms with Gasteiger partial charge in [-0.25, -0.2) is 8.42 Å². The summed E-state index contributed by atoms with van der Waals surface area (Å²) in [5, 5.41) is 8.90. The van der Waals surface area contributed by atoms with Crippen molar-refractivity contribution in [2.45, 2.75) is 24.5 Å². The zero-order valence-corrected chi connectivity index (χ0v) is 9.24. The molecule has 0 amide bonds. The van der Waals surface area contributed by atoms with Gasteiger partial charge in [0.05, 0.1) is 10.6 Å². The number of pyridine rings is 1. The van der Waals surface area contributed by atoms with Crippen LogP contribution in [0, 0.1) is 0 Å². The Morgan fingerprint density at radius 3 is 2.60 bits per heavy atom. The molecule has 5 nitrogen and oxygen atoms in total. The van der Waals surface area contributed by atoms with Crippen LogP contribution in [0.15, 0.2) is 23.2 Å². The van der Waals surface area contributed by atoms with E-state index in [1.54, 1.807) is 13.0 Å². The van der Waals surface area contributed by atoms with Crippen molar-refractivity contribution in [1.82, 2.24) is 4.98 Å². The van der Waals surface area contributed by atoms with Gasteiger partial charge in [0.1, 0.15) is 6.23 Å². The average Bonchev–Trinajstić information content (AvgIpc) is 2.18. The van der Waals surface area contributed by atoms with Gasteiger partial charge in [0.15, 0.2) is 9.84 Å². The predicted molar refractivity (Wildman–Crippen MR) is 55.9 cm³/mol. The lowest BCUT2D eigenvalue weighted by Crippen LogP contribution is -2.22. The van der Waals surface area contributed by atoms with E-state index in [0.29, 0.717) is 5.69 Å². The molecule has 1 atom stereocenters. The van der Waals surface area contributed by atoms with Crippen LogP contribution in [0.1, 0.15) is 12.6 Å². The largest absolute Gasteiger partial charge is 0.378 e. The first-order chi connectivity index (χ1) is 6.95. The lowest BCUT2D eigenvalue weighted by Gasteiger charge is -2.05. The molecule has 0 spiro atoms. The Labute approximate surface area is 88.9 Å². The fraction of sp³-hybridized carbons (Fsp3) is 0.444. The summed E-state index contributed by atoms with van der Waals surface area (Å²) >= 11 is 0. The van der Waals surface area contributed by atoms with Crippen molar-refractivity contribution >= 4 is 9.84 Å². The van der Waals surface area contributed by atoms with Crippen LogP contribution < -0.4 is 5.73 Å². The van der Waals surface area contributed by atoms with E-state index < -0.39 is 16.1 Å². The molecule has 0 fully saturated rings. The number of sulfone groups is 1. The second-order valence-corrected chi connectivity index (χ2v) is 5.44. The highest BCUT2D eigenvalue weighted by molar-refractivity contribution is 7.91. The summed E-state index contributed by atoms with van der Waals surface area (Å²) in [6.45, 7) is 1.58. The van der Waals surface area contributed by atoms with Gasteiger partial charge in [-0.05, 0) is 12.1 Å². The zero-order valence-electron chi connectivity index (χ0n) is 8.42. The molecule has 0 aromatic carbocycles. The van der Waals surface area contributed by atoms with Crippen molar-refractivity contribution in [2.24, 2.45) is 5.73 Å². The minimum atomic E-state index is -3.20. The van der Waals surface area contributed by atoms with Crippen LogP contribution in [0.3, 0.4) is 0 Å². The Morgan fingerprint density at radius 1 is 1.53 bits per heavy atom. The average molecular weight is 230 g/mol. The summed E-state index contributed by atoms with van der Waals surface area (Å²) in [6, 6.07) is 3.03. The molecule has 1 aromatic heterocycles. The number of nitrogens with zero attached hydrogens (tertiary/aromatic N) is 1. The van der Waals surface area contributed by atoms with Gasteiger partial charge in [-0.3, -0.25) is 4.98 Å². The van der Waals surface area contributed by atoms with Gasteiger partial charge in [-0.1, -0.05) is 6.92 Å². The summed E-state index contributed by atoms with van der Waals surface area (Å²) in [7, 11) is -3.20. The van der Waals surface area contributed by atoms with Crippen LogP contribution in [0.25, 0.3) is 0 Å². The minimum Gasteiger partial charge on any atom is -0.378 e. The molecule has 0 radical (unpaired) electrons. The minimum absolute atomic E-state index is 0.0491. The van der Waals surface area contributed by atoms with Crippen LogP contribution in [0.4, 0.5) is 0 Å². The Kier molecular flexibility index (Phi) is 3.78. The van der Waals surface area contributed by atoms with Crippen LogP contribution in [-0.2, 0) is 16.3 Å². The van der Waals surface area contributed by atoms with Gasteiger partial charge in [0.2, 0.25) is 0 Å². The van der Waals surface area contributed by atoms with Gasteiger partial charge in [-0.2, -0.15) is 0 Å². The van der Waals surface area contributed by atoms with Crippen LogP contribution >= 0.6 is 0 Å². The summed E-state index contributed by atoms with van der Waals surface area (Å²) in [4.78, 5) is 4.11. The third-order valence-corrected chi connectivity index (χ3v) is 3.67. The molecular formula is C9H14N2O3S. The number of hydrogen-bond donors (Lipinski definition) is 2. The number of aliphatic hydroxyl groups excluding tert-OH is 1. The van der Waals surface area contributed by atoms with E-state index in [4.69, 9.17) is 10.8 Å². The first kappa shape index (κ1) is 12.1. The van der Waals surface area contributed by atoms with Crippen molar-refractivity contribution in [3.63, 3.8) is 0 Å². The van der Waals surface area contributed by atoms with E-state index in [-0.39, 0.29) is 17.1 Å². The SMILES string of the molecule is CCS(=O)(=O)c1ccc(CC(N)O)nc1. The fourth-order valence-electron chi connectivity index (χ4n) is 1.10. The number of rotatable bonds is 4. The van der Waals surface area contributed by atoms with Gasteiger partial charge in [-0.15, -0.1) is 0 Å². The standard InChI is InChI=1S/C9H14N2O3S/c1-2-15(13,14)8-4-3-7(11-6-8)5-9(10)12/h3-4,6,9,12H,2,5,10H2,1H3. The van der Waals surface area contributed by atoms with Crippen LogP contribution in [-0.4, -0.2) is 30.5 Å². The number of aliphatic hydroxyl groups is 1. The fourth-order valence-corrected chi connectivity index (χ4v) is 1.92. The summed E-state index contributed by atoms with van der Waals surface area (Å²) in [5.41, 5.74) is 5.74. The smallest absolute Gasteiger partial charge is 0.179 e. The Hall–Kier alpha value is -0.980. The second kappa shape index (κ2) is 4.69. The summed E-state index contributed by atoms with van der Waals surface area (Å²) in [5.74, 6) is 0.0491. The number of hydrogen-bond acceptors (Lipinski definition) is 5. The van der Waals surface area contributed by atoms with Gasteiger partial charge >= 0.3 is 0 Å². The molecule has 1 rings (SSSR count). The normalized spacial score (nSPS) is 13.8. The van der Waals surface area contributed by atoms with Gasteiger partial charge in [0.25, 0.3) is 0 Å². The molecule has 0 saturated carbocycles. The lowest BCUT2D eigenvalue weighted by molar-refractivity contribution is 0.181. The summed E-state index contributed by atoms with van der Waals surface area (Å²) in [6.07, 6.45) is 0.536. The molecule has 15 heavy (non-hydrogen) atoms. The molecule has 0 bridgehead atoms. The van der Waals surface area contributed by atoms with Crippen molar-refractivity contribution < 1.29 is 13.5 Å². The van der Waals surface area contributed by atoms with Crippen LogP contribution in [0.5, 0.6) is 0 Å². The first-order valence-electron chi connectivity index (χ1n) is 4.57. The number of aromatic nitrogens is 1. The monoisotopic (exact) mass is 230 g/mol. The van der Waals surface area contributed by atoms with E-state index >= 15 is 0 Å². The van der Waals surface area contributed by atoms with Crippen molar-refractivity contribution in [1.29, 1.82) is 0 Å². The highest BCUT2D eigenvalue weighted by Crippen LogP contribution is 2.10. The van der Waals surface area contributed by atoms with Gasteiger partial charge in [0, 0.05) is 18.3 Å². The van der Waals surface area contributed by atoms with Crippen molar-refractivity contribution in [3.8, 4) is 0 Å². The van der Waals surface area contributed by atoms with Crippen molar-refractivity contribution in [3.05, 3.63) is 24.0 Å². The molecule has 1 aromatic rings. The molecule has 0 aliphatic rings. The molecule has 1 unspecified atom stereocenters. The Balaban J connectivity index is 2.91. The van der Waals surface area contributed by atoms with Crippen LogP contribution in [0.2, 0.25) is 0 Å². The molecule has 0 saturated heterocycles. The quantitative estimate of drug-likeness (QED) is 0.692. The maximum Gasteiger partial charge on any atom is 0.179 e. The molecule has 84 valence electrons. The molecule has 3 N–H and O–H groups in total. The summed E-state index contributed by atoms with van der Waals surface area (Å²) < 4.78 is 22.8. The highest BCUT2D eigenvalue weighted by atomic mass is 32.2.